The van der Waals surface area contributed by atoms with Crippen LogP contribution in [-0.4, -0.2) is 28.7 Å². The summed E-state index contributed by atoms with van der Waals surface area (Å²) in [5.74, 6) is 2.89. The molecule has 1 aromatic carbocycles. The first kappa shape index (κ1) is 16.5. The maximum Gasteiger partial charge on any atom is 0.311 e. The van der Waals surface area contributed by atoms with Gasteiger partial charge < -0.3 is 4.74 Å². The summed E-state index contributed by atoms with van der Waals surface area (Å²) >= 11 is 0. The third-order valence-corrected chi connectivity index (χ3v) is 3.30. The van der Waals surface area contributed by atoms with E-state index in [0.29, 0.717) is 24.1 Å². The van der Waals surface area contributed by atoms with Crippen LogP contribution in [0.3, 0.4) is 0 Å². The van der Waals surface area contributed by atoms with Gasteiger partial charge in [-0.15, -0.1) is 0 Å². The number of hydrogen-bond acceptors (Lipinski definition) is 5. The second-order valence-electron chi connectivity index (χ2n) is 4.93. The Balaban J connectivity index is 2.35. The van der Waals surface area contributed by atoms with Crippen LogP contribution in [0.4, 0.5) is 5.69 Å². The first-order valence-electron chi connectivity index (χ1n) is 7.28. The molecule has 0 fully saturated rings. The number of carbonyl (C=O) groups is 1. The molecule has 1 amide bonds. The summed E-state index contributed by atoms with van der Waals surface area (Å²) in [5.41, 5.74) is 1.06. The van der Waals surface area contributed by atoms with Crippen molar-refractivity contribution in [3.8, 4) is 17.7 Å². The molecule has 1 heterocycles. The third-order valence-electron chi connectivity index (χ3n) is 3.30. The summed E-state index contributed by atoms with van der Waals surface area (Å²) in [7, 11) is 1.38. The lowest BCUT2D eigenvalue weighted by Crippen LogP contribution is -2.28. The van der Waals surface area contributed by atoms with Crippen LogP contribution in [-0.2, 0) is 4.79 Å². The van der Waals surface area contributed by atoms with Gasteiger partial charge in [0.2, 0.25) is 0 Å². The zero-order valence-electron chi connectivity index (χ0n) is 13.0. The van der Waals surface area contributed by atoms with Crippen molar-refractivity contribution in [1.29, 1.82) is 0 Å². The predicted molar refractivity (Wildman–Crippen MR) is 84.9 cm³/mol. The summed E-state index contributed by atoms with van der Waals surface area (Å²) < 4.78 is 4.98. The standard InChI is InChI=1S/C16H17N3O4/c1-3-4-5-10-18-16(20)9-7-13(17-18)12-6-8-15(23-2)14(11-12)19(21)22/h6,8,11H,3-4,7,9H2,1-2H3. The van der Waals surface area contributed by atoms with Crippen LogP contribution in [0.2, 0.25) is 0 Å². The highest BCUT2D eigenvalue weighted by Crippen LogP contribution is 2.29. The number of carbonyl (C=O) groups excluding carboxylic acids is 1. The van der Waals surface area contributed by atoms with Crippen molar-refractivity contribution in [3.63, 3.8) is 0 Å². The van der Waals surface area contributed by atoms with Gasteiger partial charge in [0.05, 0.1) is 17.7 Å². The van der Waals surface area contributed by atoms with E-state index >= 15 is 0 Å². The highest BCUT2D eigenvalue weighted by atomic mass is 16.6. The second kappa shape index (κ2) is 7.40. The van der Waals surface area contributed by atoms with Crippen LogP contribution < -0.4 is 4.74 Å². The fourth-order valence-electron chi connectivity index (χ4n) is 2.12. The molecule has 1 aliphatic rings. The van der Waals surface area contributed by atoms with Crippen LogP contribution in [0.25, 0.3) is 0 Å². The van der Waals surface area contributed by atoms with Crippen LogP contribution in [0.15, 0.2) is 23.3 Å². The van der Waals surface area contributed by atoms with Gasteiger partial charge in [0.15, 0.2) is 5.75 Å². The first-order valence-corrected chi connectivity index (χ1v) is 7.28. The summed E-state index contributed by atoms with van der Waals surface area (Å²) in [4.78, 5) is 22.4. The number of hydrazone groups is 1. The molecule has 7 heteroatoms. The molecular weight excluding hydrogens is 298 g/mol. The van der Waals surface area contributed by atoms with E-state index in [1.165, 1.54) is 19.2 Å². The minimum absolute atomic E-state index is 0.131. The number of ether oxygens (including phenoxy) is 1. The molecule has 0 atom stereocenters. The monoisotopic (exact) mass is 315 g/mol. The van der Waals surface area contributed by atoms with E-state index < -0.39 is 4.92 Å². The van der Waals surface area contributed by atoms with E-state index in [1.54, 1.807) is 6.07 Å². The Hall–Kier alpha value is -2.88. The Morgan fingerprint density at radius 3 is 2.87 bits per heavy atom. The van der Waals surface area contributed by atoms with Crippen LogP contribution in [0.1, 0.15) is 38.2 Å². The quantitative estimate of drug-likeness (QED) is 0.486. The molecular formula is C16H17N3O4. The lowest BCUT2D eigenvalue weighted by molar-refractivity contribution is -0.385. The molecule has 0 spiro atoms. The number of nitro benzene ring substituents is 1. The molecule has 0 N–H and O–H groups in total. The normalized spacial score (nSPS) is 13.9. The van der Waals surface area contributed by atoms with Crippen molar-refractivity contribution < 1.29 is 14.5 Å². The van der Waals surface area contributed by atoms with E-state index in [-0.39, 0.29) is 23.8 Å². The van der Waals surface area contributed by atoms with E-state index in [9.17, 15) is 14.9 Å². The fourth-order valence-corrected chi connectivity index (χ4v) is 2.12. The molecule has 120 valence electrons. The van der Waals surface area contributed by atoms with Crippen LogP contribution >= 0.6 is 0 Å². The van der Waals surface area contributed by atoms with Gasteiger partial charge in [-0.2, -0.15) is 10.1 Å². The van der Waals surface area contributed by atoms with Gasteiger partial charge in [0.1, 0.15) is 0 Å². The van der Waals surface area contributed by atoms with Crippen molar-refractivity contribution in [2.75, 3.05) is 7.11 Å². The number of amides is 1. The lowest BCUT2D eigenvalue weighted by atomic mass is 10.0. The highest BCUT2D eigenvalue weighted by molar-refractivity contribution is 6.05. The van der Waals surface area contributed by atoms with Gasteiger partial charge in [-0.3, -0.25) is 14.9 Å². The van der Waals surface area contributed by atoms with Crippen LogP contribution in [0, 0.1) is 22.1 Å². The van der Waals surface area contributed by atoms with Gasteiger partial charge in [0, 0.05) is 36.9 Å². The zero-order valence-corrected chi connectivity index (χ0v) is 13.0. The third kappa shape index (κ3) is 3.86. The molecule has 0 unspecified atom stereocenters. The molecule has 2 rings (SSSR count). The molecule has 0 bridgehead atoms. The largest absolute Gasteiger partial charge is 0.490 e. The average molecular weight is 315 g/mol. The molecule has 1 aromatic rings. The lowest BCUT2D eigenvalue weighted by Gasteiger charge is -2.18. The second-order valence-corrected chi connectivity index (χ2v) is 4.93. The molecule has 0 aromatic heterocycles. The molecule has 1 aliphatic heterocycles. The number of nitrogens with zero attached hydrogens (tertiary/aromatic N) is 3. The Morgan fingerprint density at radius 2 is 2.22 bits per heavy atom. The molecule has 0 saturated carbocycles. The maximum absolute atomic E-state index is 11.8. The van der Waals surface area contributed by atoms with E-state index in [0.717, 1.165) is 11.4 Å². The number of benzene rings is 1. The van der Waals surface area contributed by atoms with E-state index in [4.69, 9.17) is 4.74 Å². The Kier molecular flexibility index (Phi) is 5.31. The molecule has 0 aliphatic carbocycles. The Bertz CT molecular complexity index is 716. The van der Waals surface area contributed by atoms with Crippen molar-refractivity contribution in [2.24, 2.45) is 5.10 Å². The van der Waals surface area contributed by atoms with Crippen molar-refractivity contribution in [2.45, 2.75) is 32.6 Å². The number of methoxy groups -OCH3 is 1. The zero-order chi connectivity index (χ0) is 16.8. The van der Waals surface area contributed by atoms with Crippen molar-refractivity contribution in [1.82, 2.24) is 5.01 Å². The number of rotatable bonds is 4. The van der Waals surface area contributed by atoms with E-state index in [1.807, 2.05) is 6.92 Å². The maximum atomic E-state index is 11.8. The highest BCUT2D eigenvalue weighted by Gasteiger charge is 2.23. The van der Waals surface area contributed by atoms with E-state index in [2.05, 4.69) is 17.1 Å². The van der Waals surface area contributed by atoms with Gasteiger partial charge in [0.25, 0.3) is 5.91 Å². The first-order chi connectivity index (χ1) is 11.1. The number of unbranched alkanes of at least 4 members (excludes halogenated alkanes) is 1. The molecule has 0 saturated heterocycles. The van der Waals surface area contributed by atoms with Crippen molar-refractivity contribution in [3.05, 3.63) is 33.9 Å². The molecule has 23 heavy (non-hydrogen) atoms. The number of nitro groups is 1. The molecule has 0 radical (unpaired) electrons. The van der Waals surface area contributed by atoms with Gasteiger partial charge >= 0.3 is 5.69 Å². The Morgan fingerprint density at radius 1 is 1.43 bits per heavy atom. The predicted octanol–water partition coefficient (Wildman–Crippen LogP) is 2.69. The Labute approximate surface area is 134 Å². The minimum atomic E-state index is -0.504. The van der Waals surface area contributed by atoms with Crippen molar-refractivity contribution >= 4 is 17.3 Å². The summed E-state index contributed by atoms with van der Waals surface area (Å²) in [6.45, 7) is 2.00. The van der Waals surface area contributed by atoms with Crippen LogP contribution in [0.5, 0.6) is 5.75 Å². The topological polar surface area (TPSA) is 85.0 Å². The SMILES string of the molecule is CCCC#CN1N=C(c2ccc(OC)c([N+](=O)[O-])c2)CCC1=O. The number of hydrogen-bond donors (Lipinski definition) is 0. The average Bonchev–Trinajstić information content (AvgIpc) is 2.56. The summed E-state index contributed by atoms with van der Waals surface area (Å²) in [5, 5.41) is 16.5. The fraction of sp³-hybridized carbons (Fsp3) is 0.375. The van der Waals surface area contributed by atoms with Gasteiger partial charge in [-0.25, -0.2) is 0 Å². The van der Waals surface area contributed by atoms with Gasteiger partial charge in [-0.05, 0) is 18.6 Å². The van der Waals surface area contributed by atoms with Gasteiger partial charge in [-0.1, -0.05) is 12.8 Å². The smallest absolute Gasteiger partial charge is 0.311 e. The summed E-state index contributed by atoms with van der Waals surface area (Å²) in [6, 6.07) is 7.35. The molecule has 7 nitrogen and oxygen atoms in total. The summed E-state index contributed by atoms with van der Waals surface area (Å²) in [6.07, 6.45) is 2.28. The minimum Gasteiger partial charge on any atom is -0.490 e.